The predicted molar refractivity (Wildman–Crippen MR) is 166 cm³/mol. The molecule has 2 amide bonds. The highest BCUT2D eigenvalue weighted by atomic mass is 35.5. The summed E-state index contributed by atoms with van der Waals surface area (Å²) in [7, 11) is -4.14. The van der Waals surface area contributed by atoms with E-state index in [4.69, 9.17) is 11.6 Å². The van der Waals surface area contributed by atoms with Crippen LogP contribution in [-0.4, -0.2) is 50.8 Å². The number of carbonyl (C=O) groups excluding carboxylic acids is 2. The summed E-state index contributed by atoms with van der Waals surface area (Å²) in [6.07, 6.45) is 0.909. The second-order valence-corrected chi connectivity index (χ2v) is 12.9. The maximum Gasteiger partial charge on any atom is 0.264 e. The van der Waals surface area contributed by atoms with Crippen LogP contribution >= 0.6 is 11.6 Å². The Bertz CT molecular complexity index is 1430. The SMILES string of the molecule is CC[C@@H](C(=O)NCC(C)C)N(CCc1ccccc1)C(=O)CN(c1ccc(C)c(C)c1)S(=O)(=O)c1ccc(Cl)cc1. The van der Waals surface area contributed by atoms with Crippen LogP contribution in [0.25, 0.3) is 0 Å². The molecule has 3 rings (SSSR count). The molecule has 0 radical (unpaired) electrons. The summed E-state index contributed by atoms with van der Waals surface area (Å²) in [5, 5.41) is 3.36. The van der Waals surface area contributed by atoms with E-state index >= 15 is 0 Å². The molecule has 220 valence electrons. The Morgan fingerprint density at radius 1 is 0.927 bits per heavy atom. The lowest BCUT2D eigenvalue weighted by Gasteiger charge is -2.33. The molecule has 0 aliphatic rings. The van der Waals surface area contributed by atoms with Gasteiger partial charge in [0.15, 0.2) is 0 Å². The lowest BCUT2D eigenvalue weighted by atomic mass is 10.1. The van der Waals surface area contributed by atoms with Crippen LogP contribution in [-0.2, 0) is 26.0 Å². The molecule has 0 spiro atoms. The molecule has 41 heavy (non-hydrogen) atoms. The van der Waals surface area contributed by atoms with Crippen LogP contribution < -0.4 is 9.62 Å². The van der Waals surface area contributed by atoms with Gasteiger partial charge in [0.1, 0.15) is 12.6 Å². The molecule has 0 saturated carbocycles. The minimum Gasteiger partial charge on any atom is -0.354 e. The fourth-order valence-corrected chi connectivity index (χ4v) is 5.99. The molecule has 1 atom stereocenters. The molecule has 1 N–H and O–H groups in total. The van der Waals surface area contributed by atoms with Gasteiger partial charge in [0.05, 0.1) is 10.6 Å². The third-order valence-electron chi connectivity index (χ3n) is 7.01. The first-order valence-electron chi connectivity index (χ1n) is 13.9. The van der Waals surface area contributed by atoms with Gasteiger partial charge in [-0.05, 0) is 85.7 Å². The van der Waals surface area contributed by atoms with Gasteiger partial charge in [-0.3, -0.25) is 13.9 Å². The minimum absolute atomic E-state index is 0.0190. The maximum atomic E-state index is 14.1. The average molecular weight is 598 g/mol. The van der Waals surface area contributed by atoms with E-state index in [-0.39, 0.29) is 23.3 Å². The summed E-state index contributed by atoms with van der Waals surface area (Å²) < 4.78 is 29.0. The van der Waals surface area contributed by atoms with Gasteiger partial charge in [-0.2, -0.15) is 0 Å². The first-order chi connectivity index (χ1) is 19.4. The number of hydrogen-bond acceptors (Lipinski definition) is 4. The third kappa shape index (κ3) is 8.57. The zero-order chi connectivity index (χ0) is 30.2. The van der Waals surface area contributed by atoms with E-state index in [1.54, 1.807) is 12.1 Å². The molecule has 0 aliphatic carbocycles. The smallest absolute Gasteiger partial charge is 0.264 e. The van der Waals surface area contributed by atoms with Gasteiger partial charge in [-0.15, -0.1) is 0 Å². The summed E-state index contributed by atoms with van der Waals surface area (Å²) >= 11 is 6.03. The predicted octanol–water partition coefficient (Wildman–Crippen LogP) is 5.77. The number of benzene rings is 3. The van der Waals surface area contributed by atoms with Crippen LogP contribution in [0.4, 0.5) is 5.69 Å². The van der Waals surface area contributed by atoms with Crippen molar-refractivity contribution in [2.24, 2.45) is 5.92 Å². The topological polar surface area (TPSA) is 86.8 Å². The van der Waals surface area contributed by atoms with E-state index in [0.717, 1.165) is 21.0 Å². The van der Waals surface area contributed by atoms with E-state index in [1.165, 1.54) is 29.2 Å². The fraction of sp³-hybridized carbons (Fsp3) is 0.375. The van der Waals surface area contributed by atoms with E-state index in [1.807, 2.05) is 71.0 Å². The summed E-state index contributed by atoms with van der Waals surface area (Å²) in [6.45, 7) is 9.98. The van der Waals surface area contributed by atoms with Crippen molar-refractivity contribution in [1.82, 2.24) is 10.2 Å². The number of hydrogen-bond donors (Lipinski definition) is 1. The van der Waals surface area contributed by atoms with Crippen molar-refractivity contribution in [2.75, 3.05) is 23.9 Å². The van der Waals surface area contributed by atoms with Crippen molar-refractivity contribution in [3.8, 4) is 0 Å². The largest absolute Gasteiger partial charge is 0.354 e. The Morgan fingerprint density at radius 3 is 2.17 bits per heavy atom. The molecule has 0 bridgehead atoms. The number of halogens is 1. The van der Waals surface area contributed by atoms with Crippen molar-refractivity contribution in [2.45, 2.75) is 58.4 Å². The number of carbonyl (C=O) groups is 2. The molecule has 3 aromatic carbocycles. The Labute approximate surface area is 249 Å². The van der Waals surface area contributed by atoms with Gasteiger partial charge >= 0.3 is 0 Å². The van der Waals surface area contributed by atoms with Crippen molar-refractivity contribution in [1.29, 1.82) is 0 Å². The van der Waals surface area contributed by atoms with Crippen LogP contribution in [0.2, 0.25) is 5.02 Å². The number of nitrogens with one attached hydrogen (secondary N) is 1. The van der Waals surface area contributed by atoms with Gasteiger partial charge in [-0.1, -0.05) is 68.8 Å². The Balaban J connectivity index is 2.02. The summed E-state index contributed by atoms with van der Waals surface area (Å²) in [6, 6.07) is 20.1. The summed E-state index contributed by atoms with van der Waals surface area (Å²) in [4.78, 5) is 28.9. The molecular formula is C32H40ClN3O4S. The molecule has 0 saturated heterocycles. The molecule has 0 aromatic heterocycles. The molecule has 0 heterocycles. The molecule has 9 heteroatoms. The average Bonchev–Trinajstić information content (AvgIpc) is 2.94. The highest BCUT2D eigenvalue weighted by molar-refractivity contribution is 7.92. The standard InChI is InChI=1S/C32H40ClN3O4S/c1-6-30(32(38)34-21-23(2)3)35(19-18-26-10-8-7-9-11-26)31(37)22-36(28-15-12-24(4)25(5)20-28)41(39,40)29-16-13-27(33)14-17-29/h7-17,20,23,30H,6,18-19,21-22H2,1-5H3,(H,34,38)/t30-/m0/s1. The van der Waals surface area contributed by atoms with Gasteiger partial charge < -0.3 is 10.2 Å². The van der Waals surface area contributed by atoms with Gasteiger partial charge in [0.2, 0.25) is 11.8 Å². The highest BCUT2D eigenvalue weighted by Crippen LogP contribution is 2.27. The van der Waals surface area contributed by atoms with Crippen molar-refractivity contribution in [3.05, 3.63) is 94.5 Å². The number of sulfonamides is 1. The molecular weight excluding hydrogens is 558 g/mol. The molecule has 3 aromatic rings. The van der Waals surface area contributed by atoms with Crippen LogP contribution in [0.1, 0.15) is 43.9 Å². The van der Waals surface area contributed by atoms with Crippen molar-refractivity contribution < 1.29 is 18.0 Å². The zero-order valence-corrected chi connectivity index (χ0v) is 26.0. The fourth-order valence-electron chi connectivity index (χ4n) is 4.46. The lowest BCUT2D eigenvalue weighted by Crippen LogP contribution is -2.53. The van der Waals surface area contributed by atoms with E-state index in [0.29, 0.717) is 30.1 Å². The summed E-state index contributed by atoms with van der Waals surface area (Å²) in [5.74, 6) is -0.459. The quantitative estimate of drug-likeness (QED) is 0.271. The Hall–Kier alpha value is -3.36. The van der Waals surface area contributed by atoms with Gasteiger partial charge in [-0.25, -0.2) is 8.42 Å². The minimum atomic E-state index is -4.14. The first-order valence-corrected chi connectivity index (χ1v) is 15.7. The number of rotatable bonds is 13. The number of anilines is 1. The summed E-state index contributed by atoms with van der Waals surface area (Å²) in [5.41, 5.74) is 3.28. The first kappa shape index (κ1) is 32.2. The van der Waals surface area contributed by atoms with Crippen LogP contribution in [0.15, 0.2) is 77.7 Å². The monoisotopic (exact) mass is 597 g/mol. The maximum absolute atomic E-state index is 14.1. The Morgan fingerprint density at radius 2 is 1.59 bits per heavy atom. The normalized spacial score (nSPS) is 12.2. The van der Waals surface area contributed by atoms with Gasteiger partial charge in [0.25, 0.3) is 10.0 Å². The zero-order valence-electron chi connectivity index (χ0n) is 24.4. The van der Waals surface area contributed by atoms with E-state index < -0.39 is 28.5 Å². The molecule has 0 unspecified atom stereocenters. The van der Waals surface area contributed by atoms with Crippen LogP contribution in [0, 0.1) is 19.8 Å². The lowest BCUT2D eigenvalue weighted by molar-refractivity contribution is -0.139. The molecule has 0 aliphatic heterocycles. The van der Waals surface area contributed by atoms with Crippen molar-refractivity contribution >= 4 is 39.1 Å². The molecule has 0 fully saturated rings. The third-order valence-corrected chi connectivity index (χ3v) is 9.05. The van der Waals surface area contributed by atoms with Crippen LogP contribution in [0.3, 0.4) is 0 Å². The highest BCUT2D eigenvalue weighted by Gasteiger charge is 2.33. The van der Waals surface area contributed by atoms with E-state index in [2.05, 4.69) is 5.32 Å². The second kappa shape index (κ2) is 14.5. The van der Waals surface area contributed by atoms with E-state index in [9.17, 15) is 18.0 Å². The van der Waals surface area contributed by atoms with Crippen LogP contribution in [0.5, 0.6) is 0 Å². The molecule has 7 nitrogen and oxygen atoms in total. The number of nitrogens with zero attached hydrogens (tertiary/aromatic N) is 2. The number of aryl methyl sites for hydroxylation is 2. The Kier molecular flexibility index (Phi) is 11.4. The number of amides is 2. The second-order valence-electron chi connectivity index (χ2n) is 10.6. The van der Waals surface area contributed by atoms with Crippen molar-refractivity contribution in [3.63, 3.8) is 0 Å². The van der Waals surface area contributed by atoms with Gasteiger partial charge in [0, 0.05) is 18.1 Å².